The van der Waals surface area contributed by atoms with E-state index in [1.54, 1.807) is 42.2 Å². The number of likely N-dealkylation sites (tertiary alicyclic amines) is 1. The number of nitrogens with zero attached hydrogens (tertiary/aromatic N) is 6. The number of nitrogens with one attached hydrogen (secondary N) is 5. The number of hydrogen-bond donors (Lipinski definition) is 7. The number of carbonyl (C=O) groups excluding carboxylic acids is 11. The van der Waals surface area contributed by atoms with Gasteiger partial charge in [-0.1, -0.05) is 84.0 Å². The lowest BCUT2D eigenvalue weighted by atomic mass is 9.88. The maximum absolute atomic E-state index is 14.4. The van der Waals surface area contributed by atoms with E-state index in [9.17, 15) is 63.0 Å². The smallest absolute Gasteiger partial charge is 0.251 e. The van der Waals surface area contributed by atoms with Crippen LogP contribution >= 0.6 is 0 Å². The van der Waals surface area contributed by atoms with E-state index in [1.165, 1.54) is 81.6 Å². The topological polar surface area (TPSA) is 308 Å². The van der Waals surface area contributed by atoms with Gasteiger partial charge in [0, 0.05) is 48.2 Å². The molecule has 1 aliphatic rings. The zero-order valence-corrected chi connectivity index (χ0v) is 54.1. The maximum Gasteiger partial charge on any atom is 0.251 e. The fourth-order valence-corrected chi connectivity index (χ4v) is 10.1. The Labute approximate surface area is 509 Å². The van der Waals surface area contributed by atoms with Crippen molar-refractivity contribution >= 4 is 64.9 Å². The van der Waals surface area contributed by atoms with Crippen LogP contribution in [0.15, 0.2) is 54.8 Å². The zero-order chi connectivity index (χ0) is 65.7. The largest absolute Gasteiger partial charge is 0.391 e. The summed E-state index contributed by atoms with van der Waals surface area (Å²) in [7, 11) is 7.32. The van der Waals surface area contributed by atoms with E-state index in [2.05, 4.69) is 26.6 Å². The van der Waals surface area contributed by atoms with E-state index in [1.807, 2.05) is 71.0 Å². The summed E-state index contributed by atoms with van der Waals surface area (Å²) in [4.78, 5) is 159. The first-order chi connectivity index (χ1) is 40.1. The third kappa shape index (κ3) is 21.0. The average Bonchev–Trinajstić information content (AvgIpc) is 1.99. The minimum absolute atomic E-state index is 0.0624. The quantitative estimate of drug-likeness (QED) is 0.0493. The molecule has 86 heavy (non-hydrogen) atoms. The number of allylic oxidation sites excluding steroid dienone is 3. The van der Waals surface area contributed by atoms with Crippen molar-refractivity contribution in [3.8, 4) is 0 Å². The van der Waals surface area contributed by atoms with Crippen LogP contribution in [0, 0.1) is 11.8 Å². The molecule has 0 aromatic heterocycles. The molecule has 0 bridgehead atoms. The maximum atomic E-state index is 14.4. The molecule has 0 aliphatic carbocycles. The monoisotopic (exact) mass is 1210 g/mol. The van der Waals surface area contributed by atoms with E-state index in [-0.39, 0.29) is 42.8 Å². The number of aliphatic hydroxyl groups excluding tert-OH is 2. The van der Waals surface area contributed by atoms with Crippen LogP contribution in [0.3, 0.4) is 0 Å². The predicted molar refractivity (Wildman–Crippen MR) is 327 cm³/mol. The Morgan fingerprint density at radius 3 is 1.81 bits per heavy atom. The van der Waals surface area contributed by atoms with E-state index >= 15 is 0 Å². The first-order valence-electron chi connectivity index (χ1n) is 29.9. The molecular formula is C62H101N11O13. The third-order valence-electron chi connectivity index (χ3n) is 15.9. The van der Waals surface area contributed by atoms with Crippen LogP contribution in [-0.2, 0) is 59.2 Å². The van der Waals surface area contributed by atoms with E-state index < -0.39 is 132 Å². The molecule has 0 radical (unpaired) electrons. The van der Waals surface area contributed by atoms with Crippen molar-refractivity contribution in [3.05, 3.63) is 60.3 Å². The van der Waals surface area contributed by atoms with Gasteiger partial charge in [-0.25, -0.2) is 0 Å². The predicted octanol–water partition coefficient (Wildman–Crippen LogP) is 1.67. The Kier molecular flexibility index (Phi) is 30.3. The first kappa shape index (κ1) is 74.9. The second-order valence-electron chi connectivity index (χ2n) is 23.9. The Bertz CT molecular complexity index is 2560. The number of rotatable bonds is 33. The van der Waals surface area contributed by atoms with Crippen LogP contribution in [0.5, 0.6) is 0 Å². The standard InChI is InChI=1S/C62H101N11O13/c1-19-21-22-26-31-68(14)48(33-37(3)4)59(84)73-32-27-30-47(73)55(80)64-39(7)52(77)56(81)65-40(8)53(78)63-36-50(76)70(16)49(34-38(5)6)58(83)69(15)42(10)54(79)66-41(9)57(82)72(18)62(13,35-45-28-24-23-25-29-45)61(86)67-51(44(12)75)60(85)71(17)46(20-2)43(11)74/h21-26,28-29,31,37-42,44,46-49,51-52,75,77H,19-20,27,30,32-36H2,1-18H3,(H,63,78)(H,64,80)(H,65,81)(H,66,79)(H,67,86)/b22-21-,31-26-/t39-,40-,41-,42-,44+,46-,47-,48-,49-,51+,52?,62?/m0/s1. The SMILES string of the molecule is CC/C=C\C=C/N(C)[C@@H](CC(C)C)C(=O)N1CCC[C@H]1C(=O)N[C@@H](C)C(O)C(=O)N[C@@H](C)C(=O)NCC(=O)N(C)[C@@H](CC(C)C)C(=O)N(C)[C@@H](C)C(=O)N[C@@H](C)C(=O)N(C)C(C)(Cc1ccccc1)C(=O)N[C@@H](C(=O)N(C)[C@@H](CC)C(C)=O)[C@@H](C)O. The normalized spacial score (nSPS) is 17.6. The van der Waals surface area contributed by atoms with Gasteiger partial charge in [0.25, 0.3) is 5.91 Å². The highest BCUT2D eigenvalue weighted by atomic mass is 16.3. The molecule has 0 saturated carbocycles. The second-order valence-corrected chi connectivity index (χ2v) is 23.9. The lowest BCUT2D eigenvalue weighted by Crippen LogP contribution is -2.66. The van der Waals surface area contributed by atoms with Crippen molar-refractivity contribution in [1.82, 2.24) is 56.0 Å². The Balaban J connectivity index is 2.16. The fraction of sp³-hybridized carbons (Fsp3) is 0.661. The molecular weight excluding hydrogens is 1110 g/mol. The number of likely N-dealkylation sites (N-methyl/N-ethyl adjacent to an activating group) is 5. The minimum atomic E-state index is -1.81. The number of Topliss-reactive ketones (excluding diaryl/α,β-unsaturated/α-hetero) is 1. The highest BCUT2D eigenvalue weighted by Crippen LogP contribution is 2.25. The van der Waals surface area contributed by atoms with Crippen molar-refractivity contribution < 1.29 is 63.0 Å². The number of aliphatic hydroxyl groups is 2. The summed E-state index contributed by atoms with van der Waals surface area (Å²) >= 11 is 0. The number of carbonyl (C=O) groups is 11. The molecule has 482 valence electrons. The van der Waals surface area contributed by atoms with Gasteiger partial charge in [-0.3, -0.25) is 52.7 Å². The van der Waals surface area contributed by atoms with Gasteiger partial charge in [0.2, 0.25) is 53.2 Å². The summed E-state index contributed by atoms with van der Waals surface area (Å²) in [6.07, 6.45) is 7.13. The van der Waals surface area contributed by atoms with Crippen molar-refractivity contribution in [2.24, 2.45) is 11.8 Å². The molecule has 1 aromatic rings. The van der Waals surface area contributed by atoms with Gasteiger partial charge in [0.15, 0.2) is 11.9 Å². The Morgan fingerprint density at radius 1 is 0.686 bits per heavy atom. The average molecular weight is 1210 g/mol. The lowest BCUT2D eigenvalue weighted by molar-refractivity contribution is -0.151. The Morgan fingerprint density at radius 2 is 1.27 bits per heavy atom. The molecule has 1 aliphatic heterocycles. The van der Waals surface area contributed by atoms with Crippen LogP contribution in [-0.4, -0.2) is 225 Å². The number of hydrogen-bond acceptors (Lipinski definition) is 14. The van der Waals surface area contributed by atoms with Gasteiger partial charge in [0.1, 0.15) is 47.8 Å². The van der Waals surface area contributed by atoms with Gasteiger partial charge in [-0.2, -0.15) is 0 Å². The van der Waals surface area contributed by atoms with Gasteiger partial charge >= 0.3 is 0 Å². The molecule has 1 fully saturated rings. The summed E-state index contributed by atoms with van der Waals surface area (Å²) in [5.41, 5.74) is -1.09. The highest BCUT2D eigenvalue weighted by molar-refractivity contribution is 5.99. The molecule has 1 aromatic carbocycles. The first-order valence-corrected chi connectivity index (χ1v) is 29.9. The van der Waals surface area contributed by atoms with Gasteiger partial charge in [-0.15, -0.1) is 0 Å². The molecule has 12 atom stereocenters. The summed E-state index contributed by atoms with van der Waals surface area (Å²) in [6.45, 7) is 20.9. The molecule has 1 saturated heterocycles. The molecule has 1 heterocycles. The van der Waals surface area contributed by atoms with Crippen LogP contribution in [0.1, 0.15) is 134 Å². The summed E-state index contributed by atoms with van der Waals surface area (Å²) in [5, 5.41) is 34.6. The Hall–Kier alpha value is -7.21. The van der Waals surface area contributed by atoms with E-state index in [4.69, 9.17) is 0 Å². The molecule has 7 N–H and O–H groups in total. The van der Waals surface area contributed by atoms with Gasteiger partial charge in [0.05, 0.1) is 24.7 Å². The van der Waals surface area contributed by atoms with Gasteiger partial charge < -0.3 is 66.2 Å². The molecule has 0 spiro atoms. The summed E-state index contributed by atoms with van der Waals surface area (Å²) in [5.74, 6) is -7.10. The molecule has 2 unspecified atom stereocenters. The fourth-order valence-electron chi connectivity index (χ4n) is 10.1. The number of benzene rings is 1. The molecule has 24 heteroatoms. The molecule has 24 nitrogen and oxygen atoms in total. The van der Waals surface area contributed by atoms with Crippen LogP contribution in [0.4, 0.5) is 0 Å². The summed E-state index contributed by atoms with van der Waals surface area (Å²) in [6, 6.07) is -0.939. The highest BCUT2D eigenvalue weighted by Gasteiger charge is 2.45. The number of ketones is 1. The lowest BCUT2D eigenvalue weighted by Gasteiger charge is -2.41. The van der Waals surface area contributed by atoms with Crippen molar-refractivity contribution in [2.75, 3.05) is 48.3 Å². The third-order valence-corrected chi connectivity index (χ3v) is 15.9. The molecule has 2 rings (SSSR count). The number of amides is 10. The van der Waals surface area contributed by atoms with Crippen molar-refractivity contribution in [1.29, 1.82) is 0 Å². The van der Waals surface area contributed by atoms with Crippen LogP contribution < -0.4 is 26.6 Å². The van der Waals surface area contributed by atoms with Crippen molar-refractivity contribution in [3.63, 3.8) is 0 Å². The van der Waals surface area contributed by atoms with Crippen molar-refractivity contribution in [2.45, 2.75) is 207 Å². The van der Waals surface area contributed by atoms with E-state index in [0.29, 0.717) is 31.4 Å². The van der Waals surface area contributed by atoms with E-state index in [0.717, 1.165) is 21.1 Å². The van der Waals surface area contributed by atoms with Crippen LogP contribution in [0.25, 0.3) is 0 Å². The second kappa shape index (κ2) is 34.8. The summed E-state index contributed by atoms with van der Waals surface area (Å²) < 4.78 is 0. The van der Waals surface area contributed by atoms with Crippen LogP contribution in [0.2, 0.25) is 0 Å². The van der Waals surface area contributed by atoms with Gasteiger partial charge in [-0.05, 0) is 117 Å². The zero-order valence-electron chi connectivity index (χ0n) is 54.1. The molecule has 10 amide bonds. The minimum Gasteiger partial charge on any atom is -0.391 e.